The van der Waals surface area contributed by atoms with Gasteiger partial charge in [0.1, 0.15) is 0 Å². The molecule has 3 amide bonds. The Bertz CT molecular complexity index is 1230. The minimum atomic E-state index is -4.65. The summed E-state index contributed by atoms with van der Waals surface area (Å²) in [5.41, 5.74) is 6.54. The average Bonchev–Trinajstić information content (AvgIpc) is 3.03. The number of likely N-dealkylation sites (tertiary alicyclic amines) is 1. The van der Waals surface area contributed by atoms with Crippen molar-refractivity contribution >= 4 is 29.3 Å². The monoisotopic (exact) mass is 532 g/mol. The fourth-order valence-corrected chi connectivity index (χ4v) is 5.00. The summed E-state index contributed by atoms with van der Waals surface area (Å²) >= 11 is 0. The van der Waals surface area contributed by atoms with Crippen molar-refractivity contribution in [1.82, 2.24) is 9.80 Å². The summed E-state index contributed by atoms with van der Waals surface area (Å²) in [4.78, 5) is 41.2. The van der Waals surface area contributed by atoms with Gasteiger partial charge in [0.05, 0.1) is 5.56 Å². The molecule has 2 aliphatic heterocycles. The van der Waals surface area contributed by atoms with Gasteiger partial charge in [-0.15, -0.1) is 0 Å². The van der Waals surface area contributed by atoms with Crippen LogP contribution in [0.2, 0.25) is 0 Å². The molecule has 8 nitrogen and oxygen atoms in total. The molecule has 0 spiro atoms. The molecule has 0 unspecified atom stereocenters. The van der Waals surface area contributed by atoms with Crippen LogP contribution >= 0.6 is 0 Å². The normalized spacial score (nSPS) is 17.3. The number of para-hydroxylation sites is 1. The number of carbonyl (C=O) groups is 3. The first kappa shape index (κ1) is 27.3. The minimum Gasteiger partial charge on any atom is -0.438 e. The van der Waals surface area contributed by atoms with Crippen LogP contribution in [0, 0.1) is 6.92 Å². The summed E-state index contributed by atoms with van der Waals surface area (Å²) < 4.78 is 45.6. The van der Waals surface area contributed by atoms with Crippen LogP contribution in [0.4, 0.5) is 34.1 Å². The third kappa shape index (κ3) is 6.03. The van der Waals surface area contributed by atoms with Gasteiger partial charge in [0.25, 0.3) is 0 Å². The van der Waals surface area contributed by atoms with Crippen molar-refractivity contribution in [3.63, 3.8) is 0 Å². The number of piperidine rings is 1. The molecule has 1 saturated heterocycles. The Morgan fingerprint density at radius 1 is 1.16 bits per heavy atom. The van der Waals surface area contributed by atoms with Gasteiger partial charge >= 0.3 is 18.3 Å². The standard InChI is InChI=1S/C27H31F3N4O4/c1-16-13-18(14-21(24(16)31)27(28,29)30)15-23(17(2)35)38-26(37)33-10-8-20(9-11-33)34-12-7-19-5-3-4-6-22(19)32-25(34)36/h3-6,13-14,20,23H,7-12,15,31H2,1-2H3,(H,32,36)/t23-/m1/s1. The Morgan fingerprint density at radius 3 is 2.50 bits per heavy atom. The summed E-state index contributed by atoms with van der Waals surface area (Å²) in [6.45, 7) is 3.89. The number of halogens is 3. The van der Waals surface area contributed by atoms with Crippen LogP contribution in [0.15, 0.2) is 36.4 Å². The maximum atomic E-state index is 13.4. The zero-order chi connectivity index (χ0) is 27.6. The second-order valence-corrected chi connectivity index (χ2v) is 9.81. The van der Waals surface area contributed by atoms with Gasteiger partial charge in [-0.25, -0.2) is 9.59 Å². The van der Waals surface area contributed by atoms with Crippen LogP contribution < -0.4 is 11.1 Å². The number of nitrogens with two attached hydrogens (primary N) is 1. The number of hydrogen-bond acceptors (Lipinski definition) is 5. The van der Waals surface area contributed by atoms with Gasteiger partial charge in [-0.3, -0.25) is 4.79 Å². The highest BCUT2D eigenvalue weighted by molar-refractivity contribution is 5.91. The number of alkyl halides is 3. The van der Waals surface area contributed by atoms with Gasteiger partial charge in [-0.05, 0) is 61.9 Å². The van der Waals surface area contributed by atoms with Gasteiger partial charge in [0.15, 0.2) is 11.9 Å². The fraction of sp³-hybridized carbons (Fsp3) is 0.444. The van der Waals surface area contributed by atoms with Gasteiger partial charge in [0, 0.05) is 43.5 Å². The van der Waals surface area contributed by atoms with Crippen molar-refractivity contribution in [3.05, 3.63) is 58.7 Å². The molecule has 204 valence electrons. The predicted molar refractivity (Wildman–Crippen MR) is 136 cm³/mol. The number of urea groups is 1. The van der Waals surface area contributed by atoms with Crippen LogP contribution in [0.3, 0.4) is 0 Å². The van der Waals surface area contributed by atoms with Crippen molar-refractivity contribution in [2.75, 3.05) is 30.7 Å². The number of fused-ring (bicyclic) bond motifs is 1. The molecule has 1 atom stereocenters. The molecule has 2 aliphatic rings. The van der Waals surface area contributed by atoms with Gasteiger partial charge in [-0.1, -0.05) is 24.3 Å². The van der Waals surface area contributed by atoms with Crippen molar-refractivity contribution < 1.29 is 32.3 Å². The molecule has 0 radical (unpaired) electrons. The molecular weight excluding hydrogens is 501 g/mol. The SMILES string of the molecule is CC(=O)[C@@H](Cc1cc(C)c(N)c(C(F)(F)F)c1)OC(=O)N1CCC(N2CCc3ccccc3NC2=O)CC1. The van der Waals surface area contributed by atoms with Crippen molar-refractivity contribution in [3.8, 4) is 0 Å². The number of ketones is 1. The summed E-state index contributed by atoms with van der Waals surface area (Å²) in [5, 5.41) is 2.95. The highest BCUT2D eigenvalue weighted by Gasteiger charge is 2.35. The Morgan fingerprint density at radius 2 is 1.84 bits per heavy atom. The number of amides is 3. The van der Waals surface area contributed by atoms with Gasteiger partial charge in [0.2, 0.25) is 0 Å². The first-order valence-electron chi connectivity index (χ1n) is 12.5. The Hall–Kier alpha value is -3.76. The second kappa shape index (κ2) is 10.9. The van der Waals surface area contributed by atoms with Crippen LogP contribution in [0.1, 0.15) is 42.0 Å². The molecule has 0 bridgehead atoms. The van der Waals surface area contributed by atoms with E-state index in [1.54, 1.807) is 4.90 Å². The summed E-state index contributed by atoms with van der Waals surface area (Å²) in [5.74, 6) is -0.475. The number of hydrogen-bond donors (Lipinski definition) is 2. The zero-order valence-electron chi connectivity index (χ0n) is 21.3. The highest BCUT2D eigenvalue weighted by atomic mass is 19.4. The smallest absolute Gasteiger partial charge is 0.418 e. The lowest BCUT2D eigenvalue weighted by Crippen LogP contribution is -2.50. The molecule has 3 N–H and O–H groups in total. The number of anilines is 2. The second-order valence-electron chi connectivity index (χ2n) is 9.81. The van der Waals surface area contributed by atoms with E-state index in [0.717, 1.165) is 23.7 Å². The van der Waals surface area contributed by atoms with E-state index in [1.165, 1.54) is 24.8 Å². The number of ether oxygens (including phenoxy) is 1. The molecule has 2 aromatic rings. The first-order valence-corrected chi connectivity index (χ1v) is 12.5. The van der Waals surface area contributed by atoms with E-state index in [0.29, 0.717) is 32.5 Å². The summed E-state index contributed by atoms with van der Waals surface area (Å²) in [7, 11) is 0. The van der Waals surface area contributed by atoms with Crippen molar-refractivity contribution in [2.45, 2.75) is 57.9 Å². The van der Waals surface area contributed by atoms with Gasteiger partial charge in [-0.2, -0.15) is 13.2 Å². The molecule has 1 fully saturated rings. The molecule has 11 heteroatoms. The van der Waals surface area contributed by atoms with Crippen LogP contribution in [-0.4, -0.2) is 59.5 Å². The summed E-state index contributed by atoms with van der Waals surface area (Å²) in [6.07, 6.45) is -5.00. The molecular formula is C27H31F3N4O4. The van der Waals surface area contributed by atoms with E-state index in [2.05, 4.69) is 5.32 Å². The van der Waals surface area contributed by atoms with E-state index in [1.807, 2.05) is 24.3 Å². The number of benzene rings is 2. The predicted octanol–water partition coefficient (Wildman–Crippen LogP) is 4.79. The number of nitrogens with zero attached hydrogens (tertiary/aromatic N) is 2. The quantitative estimate of drug-likeness (QED) is 0.539. The van der Waals surface area contributed by atoms with E-state index in [-0.39, 0.29) is 35.3 Å². The topological polar surface area (TPSA) is 105 Å². The molecule has 4 rings (SSSR count). The Kier molecular flexibility index (Phi) is 7.84. The van der Waals surface area contributed by atoms with E-state index >= 15 is 0 Å². The molecule has 0 aromatic heterocycles. The highest BCUT2D eigenvalue weighted by Crippen LogP contribution is 2.36. The van der Waals surface area contributed by atoms with Crippen LogP contribution in [-0.2, 0) is 28.5 Å². The Balaban J connectivity index is 1.36. The van der Waals surface area contributed by atoms with E-state index in [4.69, 9.17) is 10.5 Å². The number of nitrogens with one attached hydrogen (secondary N) is 1. The Labute approximate surface area is 218 Å². The van der Waals surface area contributed by atoms with Crippen molar-refractivity contribution in [2.24, 2.45) is 0 Å². The average molecular weight is 533 g/mol. The molecule has 2 heterocycles. The number of nitrogen functional groups attached to an aromatic ring is 1. The van der Waals surface area contributed by atoms with Crippen LogP contribution in [0.5, 0.6) is 0 Å². The fourth-order valence-electron chi connectivity index (χ4n) is 5.00. The first-order chi connectivity index (χ1) is 17.9. The molecule has 0 aliphatic carbocycles. The third-order valence-corrected chi connectivity index (χ3v) is 7.17. The molecule has 2 aromatic carbocycles. The van der Waals surface area contributed by atoms with Gasteiger partial charge < -0.3 is 25.6 Å². The lowest BCUT2D eigenvalue weighted by molar-refractivity contribution is -0.137. The van der Waals surface area contributed by atoms with E-state index in [9.17, 15) is 27.6 Å². The minimum absolute atomic E-state index is 0.0597. The summed E-state index contributed by atoms with van der Waals surface area (Å²) in [6, 6.07) is 9.78. The lowest BCUT2D eigenvalue weighted by atomic mass is 9.98. The van der Waals surface area contributed by atoms with E-state index < -0.39 is 29.7 Å². The maximum absolute atomic E-state index is 13.4. The number of aryl methyl sites for hydroxylation is 1. The zero-order valence-corrected chi connectivity index (χ0v) is 21.3. The maximum Gasteiger partial charge on any atom is 0.418 e. The van der Waals surface area contributed by atoms with Crippen molar-refractivity contribution in [1.29, 1.82) is 0 Å². The lowest BCUT2D eigenvalue weighted by Gasteiger charge is -2.37. The number of Topliss-reactive ketones (excluding diaryl/α,β-unsaturated/α-hetero) is 1. The largest absolute Gasteiger partial charge is 0.438 e. The number of carbonyl (C=O) groups excluding carboxylic acids is 3. The molecule has 38 heavy (non-hydrogen) atoms. The molecule has 0 saturated carbocycles. The third-order valence-electron chi connectivity index (χ3n) is 7.17. The number of rotatable bonds is 5. The van der Waals surface area contributed by atoms with Crippen LogP contribution in [0.25, 0.3) is 0 Å².